The van der Waals surface area contributed by atoms with E-state index in [2.05, 4.69) is 15.6 Å². The first kappa shape index (κ1) is 31.5. The van der Waals surface area contributed by atoms with Gasteiger partial charge in [-0.1, -0.05) is 12.1 Å². The summed E-state index contributed by atoms with van der Waals surface area (Å²) < 4.78 is 30.2. The third-order valence-electron chi connectivity index (χ3n) is 7.29. The standard InChI is InChI=1S/C31H37FN4O7/c1-3-42-30(40)31(10-5-13-41-2)17-21-6-4-7-24(14-21)43-19-28(38)33-11-12-36(18-27(37)34-20-31)29(39)26-16-22-15-23(32)8-9-25(22)35-26/h4,6-9,14-16,35H,3,5,10-13,17-20H2,1-2H3,(H,33,38)(H,34,37). The summed E-state index contributed by atoms with van der Waals surface area (Å²) in [6, 6.07) is 12.7. The molecule has 2 aromatic carbocycles. The molecular formula is C31H37FN4O7. The Kier molecular flexibility index (Phi) is 10.7. The van der Waals surface area contributed by atoms with Crippen molar-refractivity contribution in [3.05, 3.63) is 65.6 Å². The molecule has 4 rings (SSSR count). The summed E-state index contributed by atoms with van der Waals surface area (Å²) in [4.78, 5) is 57.1. The topological polar surface area (TPSA) is 139 Å². The highest BCUT2D eigenvalue weighted by Crippen LogP contribution is 2.32. The Hall–Kier alpha value is -4.45. The van der Waals surface area contributed by atoms with Crippen LogP contribution < -0.4 is 15.4 Å². The van der Waals surface area contributed by atoms with Crippen LogP contribution >= 0.6 is 0 Å². The van der Waals surface area contributed by atoms with E-state index in [4.69, 9.17) is 14.2 Å². The average molecular weight is 597 g/mol. The van der Waals surface area contributed by atoms with Crippen LogP contribution in [0.1, 0.15) is 35.8 Å². The molecule has 0 radical (unpaired) electrons. The molecule has 2 heterocycles. The number of ether oxygens (including phenoxy) is 3. The largest absolute Gasteiger partial charge is 0.484 e. The number of carbonyl (C=O) groups excluding carboxylic acids is 4. The van der Waals surface area contributed by atoms with E-state index in [1.54, 1.807) is 32.2 Å². The van der Waals surface area contributed by atoms with Gasteiger partial charge in [0, 0.05) is 44.3 Å². The molecule has 3 amide bonds. The van der Waals surface area contributed by atoms with Crippen LogP contribution in [-0.4, -0.2) is 86.7 Å². The molecule has 1 aromatic heterocycles. The van der Waals surface area contributed by atoms with Crippen LogP contribution in [-0.2, 0) is 30.3 Å². The number of hydrogen-bond acceptors (Lipinski definition) is 7. The van der Waals surface area contributed by atoms with Gasteiger partial charge in [-0.2, -0.15) is 0 Å². The van der Waals surface area contributed by atoms with Crippen molar-refractivity contribution >= 4 is 34.6 Å². The fourth-order valence-corrected chi connectivity index (χ4v) is 5.13. The zero-order chi connectivity index (χ0) is 30.8. The number of benzene rings is 2. The zero-order valence-corrected chi connectivity index (χ0v) is 24.4. The quantitative estimate of drug-likeness (QED) is 0.282. The second-order valence-electron chi connectivity index (χ2n) is 10.5. The maximum Gasteiger partial charge on any atom is 0.314 e. The number of carbonyl (C=O) groups is 4. The average Bonchev–Trinajstić information content (AvgIpc) is 3.41. The van der Waals surface area contributed by atoms with Gasteiger partial charge in [-0.3, -0.25) is 19.2 Å². The highest BCUT2D eigenvalue weighted by molar-refractivity contribution is 5.99. The molecule has 0 spiro atoms. The zero-order valence-electron chi connectivity index (χ0n) is 24.4. The molecule has 230 valence electrons. The number of halogens is 1. The molecule has 1 aliphatic heterocycles. The minimum atomic E-state index is -1.13. The number of aromatic nitrogens is 1. The first-order chi connectivity index (χ1) is 20.7. The van der Waals surface area contributed by atoms with Crippen LogP contribution in [0.25, 0.3) is 10.9 Å². The molecular weight excluding hydrogens is 559 g/mol. The van der Waals surface area contributed by atoms with Crippen molar-refractivity contribution in [3.8, 4) is 5.75 Å². The van der Waals surface area contributed by atoms with E-state index in [9.17, 15) is 23.6 Å². The van der Waals surface area contributed by atoms with E-state index in [-0.39, 0.29) is 51.5 Å². The lowest BCUT2D eigenvalue weighted by Crippen LogP contribution is -2.49. The van der Waals surface area contributed by atoms with Crippen LogP contribution in [0.5, 0.6) is 5.75 Å². The first-order valence-electron chi connectivity index (χ1n) is 14.2. The normalized spacial score (nSPS) is 18.4. The number of rotatable bonds is 7. The van der Waals surface area contributed by atoms with Crippen molar-refractivity contribution in [3.63, 3.8) is 0 Å². The molecule has 1 atom stereocenters. The van der Waals surface area contributed by atoms with Gasteiger partial charge in [-0.25, -0.2) is 4.39 Å². The van der Waals surface area contributed by atoms with Crippen molar-refractivity contribution < 1.29 is 37.8 Å². The van der Waals surface area contributed by atoms with E-state index in [1.165, 1.54) is 29.2 Å². The molecule has 0 saturated carbocycles. The smallest absolute Gasteiger partial charge is 0.314 e. The minimum Gasteiger partial charge on any atom is -0.484 e. The Bertz CT molecular complexity index is 1460. The molecule has 2 bridgehead atoms. The van der Waals surface area contributed by atoms with Gasteiger partial charge < -0.3 is 34.7 Å². The van der Waals surface area contributed by atoms with Crippen molar-refractivity contribution in [1.29, 1.82) is 0 Å². The van der Waals surface area contributed by atoms with Gasteiger partial charge in [0.25, 0.3) is 11.8 Å². The Labute approximate surface area is 249 Å². The van der Waals surface area contributed by atoms with E-state index in [1.807, 2.05) is 6.07 Å². The van der Waals surface area contributed by atoms with Gasteiger partial charge >= 0.3 is 5.97 Å². The lowest BCUT2D eigenvalue weighted by molar-refractivity contribution is -0.156. The molecule has 12 heteroatoms. The number of H-pyrrole nitrogens is 1. The van der Waals surface area contributed by atoms with Crippen LogP contribution in [0.15, 0.2) is 48.5 Å². The number of fused-ring (bicyclic) bond motifs is 3. The van der Waals surface area contributed by atoms with E-state index >= 15 is 0 Å². The number of esters is 1. The number of hydrogen-bond donors (Lipinski definition) is 3. The first-order valence-corrected chi connectivity index (χ1v) is 14.2. The minimum absolute atomic E-state index is 0.00800. The van der Waals surface area contributed by atoms with Gasteiger partial charge in [0.2, 0.25) is 5.91 Å². The van der Waals surface area contributed by atoms with Crippen molar-refractivity contribution in [1.82, 2.24) is 20.5 Å². The Morgan fingerprint density at radius 1 is 1.09 bits per heavy atom. The third kappa shape index (κ3) is 8.31. The van der Waals surface area contributed by atoms with Crippen molar-refractivity contribution in [2.45, 2.75) is 26.2 Å². The SMILES string of the molecule is CCOC(=O)C1(CCCOC)CNC(=O)CN(C(=O)c2cc3cc(F)ccc3[nH]2)CCNC(=O)COc2cccc(c2)C1. The highest BCUT2D eigenvalue weighted by Gasteiger charge is 2.40. The van der Waals surface area contributed by atoms with Crippen LogP contribution in [0.2, 0.25) is 0 Å². The lowest BCUT2D eigenvalue weighted by Gasteiger charge is -2.32. The lowest BCUT2D eigenvalue weighted by atomic mass is 9.77. The number of aromatic amines is 1. The fourth-order valence-electron chi connectivity index (χ4n) is 5.13. The van der Waals surface area contributed by atoms with E-state index < -0.39 is 34.9 Å². The van der Waals surface area contributed by atoms with Crippen molar-refractivity contribution in [2.75, 3.05) is 53.1 Å². The summed E-state index contributed by atoms with van der Waals surface area (Å²) in [5, 5.41) is 6.07. The van der Waals surface area contributed by atoms with Gasteiger partial charge in [0.1, 0.15) is 17.3 Å². The van der Waals surface area contributed by atoms with Crippen LogP contribution in [0.4, 0.5) is 4.39 Å². The highest BCUT2D eigenvalue weighted by atomic mass is 19.1. The van der Waals surface area contributed by atoms with Crippen LogP contribution in [0.3, 0.4) is 0 Å². The third-order valence-corrected chi connectivity index (χ3v) is 7.29. The Morgan fingerprint density at radius 2 is 1.93 bits per heavy atom. The predicted molar refractivity (Wildman–Crippen MR) is 156 cm³/mol. The maximum atomic E-state index is 13.7. The number of nitrogens with zero attached hydrogens (tertiary/aromatic N) is 1. The summed E-state index contributed by atoms with van der Waals surface area (Å²) in [5.74, 6) is -1.86. The molecule has 1 unspecified atom stereocenters. The van der Waals surface area contributed by atoms with Gasteiger partial charge in [-0.05, 0) is 68.1 Å². The molecule has 0 aliphatic carbocycles. The predicted octanol–water partition coefficient (Wildman–Crippen LogP) is 2.59. The number of nitrogens with one attached hydrogen (secondary N) is 3. The summed E-state index contributed by atoms with van der Waals surface area (Å²) in [5.41, 5.74) is 0.355. The number of methoxy groups -OCH3 is 1. The summed E-state index contributed by atoms with van der Waals surface area (Å²) in [7, 11) is 1.57. The van der Waals surface area contributed by atoms with Gasteiger partial charge in [0.15, 0.2) is 6.61 Å². The molecule has 0 saturated heterocycles. The van der Waals surface area contributed by atoms with E-state index in [0.717, 1.165) is 5.56 Å². The number of amides is 3. The molecule has 3 N–H and O–H groups in total. The van der Waals surface area contributed by atoms with E-state index in [0.29, 0.717) is 36.1 Å². The summed E-state index contributed by atoms with van der Waals surface area (Å²) in [6.45, 7) is 1.70. The van der Waals surface area contributed by atoms with Gasteiger partial charge in [-0.15, -0.1) is 0 Å². The molecule has 11 nitrogen and oxygen atoms in total. The fraction of sp³-hybridized carbons (Fsp3) is 0.419. The Balaban J connectivity index is 1.64. The molecule has 43 heavy (non-hydrogen) atoms. The second-order valence-corrected chi connectivity index (χ2v) is 10.5. The summed E-state index contributed by atoms with van der Waals surface area (Å²) in [6.07, 6.45) is 1.13. The summed E-state index contributed by atoms with van der Waals surface area (Å²) >= 11 is 0. The monoisotopic (exact) mass is 596 g/mol. The molecule has 0 fully saturated rings. The molecule has 1 aliphatic rings. The maximum absolute atomic E-state index is 13.7. The van der Waals surface area contributed by atoms with Gasteiger partial charge in [0.05, 0.1) is 18.6 Å². The Morgan fingerprint density at radius 3 is 2.72 bits per heavy atom. The van der Waals surface area contributed by atoms with Crippen molar-refractivity contribution in [2.24, 2.45) is 5.41 Å². The van der Waals surface area contributed by atoms with Crippen LogP contribution in [0, 0.1) is 11.2 Å². The molecule has 3 aromatic rings. The second kappa shape index (κ2) is 14.6.